The third kappa shape index (κ3) is 5.18. The number of nitrogens with one attached hydrogen (secondary N) is 2. The molecular formula is C21H20N2O3S. The van der Waals surface area contributed by atoms with E-state index in [4.69, 9.17) is 0 Å². The third-order valence-corrected chi connectivity index (χ3v) is 5.32. The van der Waals surface area contributed by atoms with Crippen LogP contribution >= 0.6 is 0 Å². The molecule has 0 aliphatic rings. The first kappa shape index (κ1) is 18.7. The van der Waals surface area contributed by atoms with Crippen LogP contribution in [0, 0.1) is 6.92 Å². The van der Waals surface area contributed by atoms with Gasteiger partial charge in [-0.15, -0.1) is 0 Å². The second-order valence-corrected chi connectivity index (χ2v) is 7.89. The minimum Gasteiger partial charge on any atom is -0.326 e. The molecule has 3 aromatic carbocycles. The molecule has 0 bridgehead atoms. The lowest BCUT2D eigenvalue weighted by Crippen LogP contribution is -2.15. The zero-order valence-electron chi connectivity index (χ0n) is 14.8. The number of hydrogen-bond acceptors (Lipinski definition) is 3. The van der Waals surface area contributed by atoms with Crippen LogP contribution in [0.5, 0.6) is 0 Å². The normalized spacial score (nSPS) is 11.0. The first-order valence-electron chi connectivity index (χ1n) is 8.46. The molecule has 0 spiro atoms. The molecule has 0 saturated carbocycles. The van der Waals surface area contributed by atoms with Crippen LogP contribution in [-0.2, 0) is 21.2 Å². The van der Waals surface area contributed by atoms with Crippen molar-refractivity contribution in [3.63, 3.8) is 0 Å². The first-order valence-corrected chi connectivity index (χ1v) is 9.94. The highest BCUT2D eigenvalue weighted by molar-refractivity contribution is 7.92. The van der Waals surface area contributed by atoms with Gasteiger partial charge in [-0.25, -0.2) is 8.42 Å². The summed E-state index contributed by atoms with van der Waals surface area (Å²) in [4.78, 5) is 12.2. The topological polar surface area (TPSA) is 75.3 Å². The SMILES string of the molecule is Cc1cccc(NS(=O)(=O)c2ccc(NC(=O)Cc3ccccc3)cc2)c1. The number of aryl methyl sites for hydroxylation is 1. The lowest BCUT2D eigenvalue weighted by atomic mass is 10.1. The third-order valence-electron chi connectivity index (χ3n) is 3.93. The van der Waals surface area contributed by atoms with E-state index in [1.807, 2.05) is 43.3 Å². The lowest BCUT2D eigenvalue weighted by Gasteiger charge is -2.10. The molecule has 3 rings (SSSR count). The fourth-order valence-electron chi connectivity index (χ4n) is 2.63. The van der Waals surface area contributed by atoms with Gasteiger partial charge in [0.05, 0.1) is 11.3 Å². The molecule has 0 aromatic heterocycles. The summed E-state index contributed by atoms with van der Waals surface area (Å²) in [5.74, 6) is -0.158. The van der Waals surface area contributed by atoms with E-state index in [1.165, 1.54) is 12.1 Å². The number of carbonyl (C=O) groups excluding carboxylic acids is 1. The summed E-state index contributed by atoms with van der Waals surface area (Å²) < 4.78 is 27.5. The van der Waals surface area contributed by atoms with Crippen LogP contribution in [0.2, 0.25) is 0 Å². The van der Waals surface area contributed by atoms with Crippen molar-refractivity contribution in [1.82, 2.24) is 0 Å². The van der Waals surface area contributed by atoms with Crippen LogP contribution in [0.25, 0.3) is 0 Å². The number of benzene rings is 3. The molecule has 0 saturated heterocycles. The minimum atomic E-state index is -3.69. The van der Waals surface area contributed by atoms with Gasteiger partial charge >= 0.3 is 0 Å². The van der Waals surface area contributed by atoms with Crippen LogP contribution < -0.4 is 10.0 Å². The van der Waals surface area contributed by atoms with Crippen molar-refractivity contribution in [3.05, 3.63) is 90.0 Å². The van der Waals surface area contributed by atoms with Gasteiger partial charge in [-0.1, -0.05) is 42.5 Å². The molecule has 27 heavy (non-hydrogen) atoms. The minimum absolute atomic E-state index is 0.130. The van der Waals surface area contributed by atoms with E-state index in [-0.39, 0.29) is 17.2 Å². The predicted molar refractivity (Wildman–Crippen MR) is 107 cm³/mol. The molecule has 138 valence electrons. The molecule has 5 nitrogen and oxygen atoms in total. The Morgan fingerprint density at radius 1 is 0.852 bits per heavy atom. The van der Waals surface area contributed by atoms with Gasteiger partial charge in [0.25, 0.3) is 10.0 Å². The van der Waals surface area contributed by atoms with E-state index in [0.29, 0.717) is 11.4 Å². The molecule has 2 N–H and O–H groups in total. The molecule has 6 heteroatoms. The van der Waals surface area contributed by atoms with E-state index in [1.54, 1.807) is 30.3 Å². The van der Waals surface area contributed by atoms with Gasteiger partial charge in [-0.3, -0.25) is 9.52 Å². The van der Waals surface area contributed by atoms with Crippen LogP contribution in [0.15, 0.2) is 83.8 Å². The Labute approximate surface area is 159 Å². The number of hydrogen-bond donors (Lipinski definition) is 2. The summed E-state index contributed by atoms with van der Waals surface area (Å²) in [6.45, 7) is 1.89. The van der Waals surface area contributed by atoms with Gasteiger partial charge in [0.15, 0.2) is 0 Å². The lowest BCUT2D eigenvalue weighted by molar-refractivity contribution is -0.115. The molecule has 1 amide bonds. The molecular weight excluding hydrogens is 360 g/mol. The highest BCUT2D eigenvalue weighted by Gasteiger charge is 2.14. The first-order chi connectivity index (χ1) is 12.9. The Hall–Kier alpha value is -3.12. The van der Waals surface area contributed by atoms with Crippen molar-refractivity contribution in [2.45, 2.75) is 18.2 Å². The van der Waals surface area contributed by atoms with Crippen molar-refractivity contribution >= 4 is 27.3 Å². The van der Waals surface area contributed by atoms with Crippen LogP contribution in [0.4, 0.5) is 11.4 Å². The van der Waals surface area contributed by atoms with Crippen LogP contribution in [-0.4, -0.2) is 14.3 Å². The van der Waals surface area contributed by atoms with Crippen molar-refractivity contribution < 1.29 is 13.2 Å². The molecule has 0 atom stereocenters. The maximum atomic E-state index is 12.5. The molecule has 0 aliphatic heterocycles. The Bertz CT molecular complexity index is 1030. The summed E-state index contributed by atoms with van der Waals surface area (Å²) >= 11 is 0. The van der Waals surface area contributed by atoms with E-state index in [9.17, 15) is 13.2 Å². The summed E-state index contributed by atoms with van der Waals surface area (Å²) in [6, 6.07) is 22.6. The summed E-state index contributed by atoms with van der Waals surface area (Å²) in [5, 5.41) is 2.77. The van der Waals surface area contributed by atoms with Gasteiger partial charge in [0.1, 0.15) is 0 Å². The summed E-state index contributed by atoms with van der Waals surface area (Å²) in [7, 11) is -3.69. The standard InChI is InChI=1S/C21H20N2O3S/c1-16-6-5-9-19(14-16)23-27(25,26)20-12-10-18(11-13-20)22-21(24)15-17-7-3-2-4-8-17/h2-14,23H,15H2,1H3,(H,22,24). The Morgan fingerprint density at radius 2 is 1.56 bits per heavy atom. The quantitative estimate of drug-likeness (QED) is 0.679. The molecule has 0 fully saturated rings. The van der Waals surface area contributed by atoms with Crippen molar-refractivity contribution in [3.8, 4) is 0 Å². The monoisotopic (exact) mass is 380 g/mol. The highest BCUT2D eigenvalue weighted by atomic mass is 32.2. The van der Waals surface area contributed by atoms with E-state index in [0.717, 1.165) is 11.1 Å². The fourth-order valence-corrected chi connectivity index (χ4v) is 3.68. The molecule has 0 heterocycles. The van der Waals surface area contributed by atoms with Crippen molar-refractivity contribution in [1.29, 1.82) is 0 Å². The second-order valence-electron chi connectivity index (χ2n) is 6.21. The van der Waals surface area contributed by atoms with Gasteiger partial charge in [-0.05, 0) is 54.4 Å². The van der Waals surface area contributed by atoms with Crippen molar-refractivity contribution in [2.24, 2.45) is 0 Å². The number of carbonyl (C=O) groups is 1. The maximum Gasteiger partial charge on any atom is 0.261 e. The largest absolute Gasteiger partial charge is 0.326 e. The zero-order chi connectivity index (χ0) is 19.3. The predicted octanol–water partition coefficient (Wildman–Crippen LogP) is 3.98. The number of anilines is 2. The van der Waals surface area contributed by atoms with E-state index >= 15 is 0 Å². The molecule has 3 aromatic rings. The maximum absolute atomic E-state index is 12.5. The van der Waals surface area contributed by atoms with Gasteiger partial charge < -0.3 is 5.32 Å². The Morgan fingerprint density at radius 3 is 2.22 bits per heavy atom. The van der Waals surface area contributed by atoms with Gasteiger partial charge in [0.2, 0.25) is 5.91 Å². The molecule has 0 radical (unpaired) electrons. The van der Waals surface area contributed by atoms with Crippen LogP contribution in [0.3, 0.4) is 0 Å². The second kappa shape index (κ2) is 8.05. The van der Waals surface area contributed by atoms with E-state index in [2.05, 4.69) is 10.0 Å². The summed E-state index contributed by atoms with van der Waals surface area (Å²) in [6.07, 6.45) is 0.260. The Balaban J connectivity index is 1.66. The van der Waals surface area contributed by atoms with Gasteiger partial charge in [-0.2, -0.15) is 0 Å². The van der Waals surface area contributed by atoms with Crippen molar-refractivity contribution in [2.75, 3.05) is 10.0 Å². The molecule has 0 aliphatic carbocycles. The van der Waals surface area contributed by atoms with Gasteiger partial charge in [0, 0.05) is 11.4 Å². The van der Waals surface area contributed by atoms with Crippen LogP contribution in [0.1, 0.15) is 11.1 Å². The summed E-state index contributed by atoms with van der Waals surface area (Å²) in [5.41, 5.74) is 2.93. The molecule has 0 unspecified atom stereocenters. The average molecular weight is 380 g/mol. The zero-order valence-corrected chi connectivity index (χ0v) is 15.7. The number of sulfonamides is 1. The number of amides is 1. The smallest absolute Gasteiger partial charge is 0.261 e. The fraction of sp³-hybridized carbons (Fsp3) is 0.0952. The average Bonchev–Trinajstić information content (AvgIpc) is 2.62. The highest BCUT2D eigenvalue weighted by Crippen LogP contribution is 2.19. The van der Waals surface area contributed by atoms with E-state index < -0.39 is 10.0 Å². The number of rotatable bonds is 6. The Kier molecular flexibility index (Phi) is 5.57.